The van der Waals surface area contributed by atoms with Gasteiger partial charge in [0.25, 0.3) is 5.91 Å². The van der Waals surface area contributed by atoms with Gasteiger partial charge in [-0.2, -0.15) is 0 Å². The van der Waals surface area contributed by atoms with Gasteiger partial charge in [-0.25, -0.2) is 0 Å². The van der Waals surface area contributed by atoms with Crippen LogP contribution in [0.15, 0.2) is 72.9 Å². The van der Waals surface area contributed by atoms with Crippen molar-refractivity contribution in [2.24, 2.45) is 0 Å². The summed E-state index contributed by atoms with van der Waals surface area (Å²) in [6.07, 6.45) is 3.94. The maximum Gasteiger partial charge on any atom is 0.256 e. The first-order chi connectivity index (χ1) is 10.8. The average molecular weight is 286 g/mol. The molecule has 1 aliphatic heterocycles. The lowest BCUT2D eigenvalue weighted by Gasteiger charge is -2.07. The van der Waals surface area contributed by atoms with Crippen LogP contribution < -0.4 is 5.32 Å². The first-order valence-electron chi connectivity index (χ1n) is 7.18. The fourth-order valence-electron chi connectivity index (χ4n) is 2.77. The topological polar surface area (TPSA) is 34.0 Å². The highest BCUT2D eigenvalue weighted by Crippen LogP contribution is 2.33. The van der Waals surface area contributed by atoms with E-state index in [-0.39, 0.29) is 5.91 Å². The Labute approximate surface area is 128 Å². The molecule has 3 heteroatoms. The molecule has 0 saturated heterocycles. The molecule has 0 radical (unpaired) electrons. The quantitative estimate of drug-likeness (QED) is 0.711. The van der Waals surface area contributed by atoms with Gasteiger partial charge in [-0.3, -0.25) is 4.79 Å². The van der Waals surface area contributed by atoms with Gasteiger partial charge >= 0.3 is 0 Å². The van der Waals surface area contributed by atoms with Gasteiger partial charge in [0.05, 0.1) is 5.57 Å². The van der Waals surface area contributed by atoms with Crippen LogP contribution in [0.2, 0.25) is 0 Å². The van der Waals surface area contributed by atoms with E-state index in [0.29, 0.717) is 5.57 Å². The molecular formula is C19H14N2O. The number of nitrogens with one attached hydrogen (secondary N) is 1. The molecule has 1 amide bonds. The van der Waals surface area contributed by atoms with Crippen molar-refractivity contribution in [1.29, 1.82) is 0 Å². The summed E-state index contributed by atoms with van der Waals surface area (Å²) >= 11 is 0. The van der Waals surface area contributed by atoms with Gasteiger partial charge in [0.15, 0.2) is 0 Å². The number of amides is 1. The van der Waals surface area contributed by atoms with Crippen molar-refractivity contribution in [3.8, 4) is 5.69 Å². The molecule has 22 heavy (non-hydrogen) atoms. The van der Waals surface area contributed by atoms with E-state index in [4.69, 9.17) is 0 Å². The third-order valence-electron chi connectivity index (χ3n) is 3.82. The number of carbonyl (C=O) groups excluding carboxylic acids is 1. The van der Waals surface area contributed by atoms with E-state index in [9.17, 15) is 4.79 Å². The Hall–Kier alpha value is -3.07. The standard InChI is InChI=1S/C19H14N2O/c22-19-17(16-10-4-5-11-18(16)20-19)13-15-9-6-12-21(15)14-7-2-1-3-8-14/h1-13H,(H,20,22)/b17-13-. The van der Waals surface area contributed by atoms with Crippen molar-refractivity contribution in [2.75, 3.05) is 5.32 Å². The number of hydrogen-bond donors (Lipinski definition) is 1. The van der Waals surface area contributed by atoms with Crippen molar-refractivity contribution in [2.45, 2.75) is 0 Å². The number of benzene rings is 2. The first kappa shape index (κ1) is 12.7. The number of rotatable bonds is 2. The molecule has 1 aromatic heterocycles. The number of aromatic nitrogens is 1. The van der Waals surface area contributed by atoms with Crippen LogP contribution in [-0.2, 0) is 4.79 Å². The molecule has 1 N–H and O–H groups in total. The number of anilines is 1. The fraction of sp³-hybridized carbons (Fsp3) is 0. The summed E-state index contributed by atoms with van der Waals surface area (Å²) < 4.78 is 2.07. The van der Waals surface area contributed by atoms with Crippen molar-refractivity contribution >= 4 is 23.2 Å². The van der Waals surface area contributed by atoms with Gasteiger partial charge in [-0.05, 0) is 36.4 Å². The lowest BCUT2D eigenvalue weighted by Crippen LogP contribution is -2.04. The monoisotopic (exact) mass is 286 g/mol. The van der Waals surface area contributed by atoms with Crippen LogP contribution in [0.4, 0.5) is 5.69 Å². The largest absolute Gasteiger partial charge is 0.321 e. The van der Waals surface area contributed by atoms with Crippen molar-refractivity contribution in [1.82, 2.24) is 4.57 Å². The smallest absolute Gasteiger partial charge is 0.256 e. The molecule has 0 spiro atoms. The van der Waals surface area contributed by atoms with Crippen LogP contribution in [0.25, 0.3) is 17.3 Å². The minimum absolute atomic E-state index is 0.0537. The number of carbonyl (C=O) groups is 1. The molecule has 2 aromatic carbocycles. The zero-order chi connectivity index (χ0) is 14.9. The third kappa shape index (κ3) is 2.04. The van der Waals surface area contributed by atoms with Gasteiger partial charge in [-0.1, -0.05) is 36.4 Å². The van der Waals surface area contributed by atoms with Crippen LogP contribution in [0.3, 0.4) is 0 Å². The average Bonchev–Trinajstić information content (AvgIpc) is 3.14. The molecule has 1 aliphatic rings. The Morgan fingerprint density at radius 1 is 0.864 bits per heavy atom. The Bertz CT molecular complexity index is 875. The van der Waals surface area contributed by atoms with Crippen LogP contribution >= 0.6 is 0 Å². The van der Waals surface area contributed by atoms with Crippen LogP contribution in [-0.4, -0.2) is 10.5 Å². The Morgan fingerprint density at radius 3 is 2.50 bits per heavy atom. The van der Waals surface area contributed by atoms with Gasteiger partial charge < -0.3 is 9.88 Å². The van der Waals surface area contributed by atoms with Gasteiger partial charge in [0.1, 0.15) is 0 Å². The molecule has 106 valence electrons. The highest BCUT2D eigenvalue weighted by atomic mass is 16.2. The van der Waals surface area contributed by atoms with E-state index in [1.165, 1.54) is 0 Å². The highest BCUT2D eigenvalue weighted by molar-refractivity contribution is 6.34. The predicted octanol–water partition coefficient (Wildman–Crippen LogP) is 3.97. The van der Waals surface area contributed by atoms with E-state index in [0.717, 1.165) is 22.6 Å². The molecule has 0 aliphatic carbocycles. The normalized spacial score (nSPS) is 14.9. The van der Waals surface area contributed by atoms with Gasteiger partial charge in [-0.15, -0.1) is 0 Å². The van der Waals surface area contributed by atoms with E-state index in [1.807, 2.05) is 79.0 Å². The zero-order valence-corrected chi connectivity index (χ0v) is 11.9. The summed E-state index contributed by atoms with van der Waals surface area (Å²) in [5.41, 5.74) is 4.58. The Morgan fingerprint density at radius 2 is 1.64 bits per heavy atom. The lowest BCUT2D eigenvalue weighted by atomic mass is 10.1. The maximum atomic E-state index is 12.2. The Kier molecular flexibility index (Phi) is 2.90. The van der Waals surface area contributed by atoms with E-state index >= 15 is 0 Å². The molecule has 3 aromatic rings. The summed E-state index contributed by atoms with van der Waals surface area (Å²) in [7, 11) is 0. The first-order valence-corrected chi connectivity index (χ1v) is 7.18. The minimum Gasteiger partial charge on any atom is -0.321 e. The van der Waals surface area contributed by atoms with E-state index < -0.39 is 0 Å². The Balaban J connectivity index is 1.82. The molecule has 4 rings (SSSR count). The fourth-order valence-corrected chi connectivity index (χ4v) is 2.77. The summed E-state index contributed by atoms with van der Waals surface area (Å²) in [5, 5.41) is 2.90. The molecule has 3 nitrogen and oxygen atoms in total. The number of hydrogen-bond acceptors (Lipinski definition) is 1. The van der Waals surface area contributed by atoms with Gasteiger partial charge in [0.2, 0.25) is 0 Å². The molecule has 0 fully saturated rings. The number of fused-ring (bicyclic) bond motifs is 1. The van der Waals surface area contributed by atoms with Crippen molar-refractivity contribution in [3.63, 3.8) is 0 Å². The van der Waals surface area contributed by atoms with Crippen molar-refractivity contribution < 1.29 is 4.79 Å². The number of nitrogens with zero attached hydrogens (tertiary/aromatic N) is 1. The molecular weight excluding hydrogens is 272 g/mol. The van der Waals surface area contributed by atoms with Crippen molar-refractivity contribution in [3.05, 3.63) is 84.2 Å². The second kappa shape index (κ2) is 5.04. The lowest BCUT2D eigenvalue weighted by molar-refractivity contribution is -0.110. The van der Waals surface area contributed by atoms with Gasteiger partial charge in [0, 0.05) is 28.8 Å². The number of para-hydroxylation sites is 2. The predicted molar refractivity (Wildman–Crippen MR) is 88.7 cm³/mol. The molecule has 0 bridgehead atoms. The second-order valence-corrected chi connectivity index (χ2v) is 5.20. The van der Waals surface area contributed by atoms with E-state index in [2.05, 4.69) is 9.88 Å². The minimum atomic E-state index is -0.0537. The zero-order valence-electron chi connectivity index (χ0n) is 11.9. The molecule has 0 unspecified atom stereocenters. The molecule has 0 atom stereocenters. The van der Waals surface area contributed by atoms with Crippen LogP contribution in [0.5, 0.6) is 0 Å². The third-order valence-corrected chi connectivity index (χ3v) is 3.82. The van der Waals surface area contributed by atoms with E-state index in [1.54, 1.807) is 0 Å². The second-order valence-electron chi connectivity index (χ2n) is 5.20. The van der Waals surface area contributed by atoms with Crippen LogP contribution in [0, 0.1) is 0 Å². The van der Waals surface area contributed by atoms with Crippen LogP contribution in [0.1, 0.15) is 11.3 Å². The SMILES string of the molecule is O=C1Nc2ccccc2/C1=C/c1cccn1-c1ccccc1. The molecule has 0 saturated carbocycles. The highest BCUT2D eigenvalue weighted by Gasteiger charge is 2.23. The summed E-state index contributed by atoms with van der Waals surface area (Å²) in [6.45, 7) is 0. The summed E-state index contributed by atoms with van der Waals surface area (Å²) in [5.74, 6) is -0.0537. The summed E-state index contributed by atoms with van der Waals surface area (Å²) in [6, 6.07) is 21.8. The maximum absolute atomic E-state index is 12.2. The molecule has 2 heterocycles. The summed E-state index contributed by atoms with van der Waals surface area (Å²) in [4.78, 5) is 12.2.